The minimum Gasteiger partial charge on any atom is -0.508 e. The molecular formula is C8H8N2O. The second-order valence-electron chi connectivity index (χ2n) is 2.13. The summed E-state index contributed by atoms with van der Waals surface area (Å²) >= 11 is 0. The summed E-state index contributed by atoms with van der Waals surface area (Å²) < 4.78 is 0. The maximum Gasteiger partial charge on any atom is 0.176 e. The first-order valence-electron chi connectivity index (χ1n) is 3.23. The number of aromatic hydroxyl groups is 1. The second-order valence-corrected chi connectivity index (χ2v) is 2.13. The van der Waals surface area contributed by atoms with Crippen LogP contribution in [0.1, 0.15) is 5.56 Å². The van der Waals surface area contributed by atoms with Crippen molar-refractivity contribution in [2.75, 3.05) is 0 Å². The Morgan fingerprint density at radius 2 is 2.00 bits per heavy atom. The Kier molecular flexibility index (Phi) is 2.34. The second kappa shape index (κ2) is 3.47. The highest BCUT2D eigenvalue weighted by molar-refractivity contribution is 5.25. The molecule has 0 atom stereocenters. The van der Waals surface area contributed by atoms with Gasteiger partial charge in [-0.1, -0.05) is 12.1 Å². The average molecular weight is 148 g/mol. The Morgan fingerprint density at radius 1 is 1.36 bits per heavy atom. The predicted molar refractivity (Wildman–Crippen MR) is 40.6 cm³/mol. The number of benzene rings is 1. The van der Waals surface area contributed by atoms with Crippen LogP contribution < -0.4 is 5.32 Å². The molecule has 3 nitrogen and oxygen atoms in total. The Balaban J connectivity index is 2.60. The molecule has 0 amide bonds. The summed E-state index contributed by atoms with van der Waals surface area (Å²) in [6.07, 6.45) is 1.82. The molecule has 0 saturated carbocycles. The first-order chi connectivity index (χ1) is 5.33. The van der Waals surface area contributed by atoms with Crippen LogP contribution in [0.25, 0.3) is 0 Å². The molecule has 2 N–H and O–H groups in total. The molecule has 11 heavy (non-hydrogen) atoms. The van der Waals surface area contributed by atoms with Crippen molar-refractivity contribution in [2.24, 2.45) is 0 Å². The van der Waals surface area contributed by atoms with Gasteiger partial charge in [0.15, 0.2) is 6.19 Å². The number of nitrogens with one attached hydrogen (secondary N) is 1. The molecule has 0 saturated heterocycles. The Hall–Kier alpha value is -1.69. The van der Waals surface area contributed by atoms with Gasteiger partial charge in [-0.2, -0.15) is 5.26 Å². The molecule has 0 heterocycles. The fourth-order valence-corrected chi connectivity index (χ4v) is 0.755. The van der Waals surface area contributed by atoms with Crippen molar-refractivity contribution in [1.29, 1.82) is 5.26 Å². The van der Waals surface area contributed by atoms with Crippen LogP contribution in [0.4, 0.5) is 0 Å². The normalized spacial score (nSPS) is 8.64. The third-order valence-electron chi connectivity index (χ3n) is 1.31. The van der Waals surface area contributed by atoms with Gasteiger partial charge in [0.2, 0.25) is 0 Å². The summed E-state index contributed by atoms with van der Waals surface area (Å²) in [5.41, 5.74) is 0.976. The number of phenolic OH excluding ortho intramolecular Hbond substituents is 1. The first-order valence-corrected chi connectivity index (χ1v) is 3.23. The Bertz CT molecular complexity index is 260. The van der Waals surface area contributed by atoms with E-state index in [-0.39, 0.29) is 5.75 Å². The van der Waals surface area contributed by atoms with E-state index in [1.54, 1.807) is 24.3 Å². The van der Waals surface area contributed by atoms with Crippen molar-refractivity contribution >= 4 is 0 Å². The van der Waals surface area contributed by atoms with Crippen LogP contribution in [0.2, 0.25) is 0 Å². The third kappa shape index (κ3) is 2.18. The van der Waals surface area contributed by atoms with E-state index in [4.69, 9.17) is 10.4 Å². The van der Waals surface area contributed by atoms with E-state index in [1.165, 1.54) is 0 Å². The maximum atomic E-state index is 8.90. The molecule has 0 fully saturated rings. The van der Waals surface area contributed by atoms with E-state index in [1.807, 2.05) is 6.19 Å². The van der Waals surface area contributed by atoms with Crippen LogP contribution in [-0.4, -0.2) is 5.11 Å². The van der Waals surface area contributed by atoms with E-state index in [2.05, 4.69) is 5.32 Å². The van der Waals surface area contributed by atoms with Gasteiger partial charge in [-0.25, -0.2) is 0 Å². The first kappa shape index (κ1) is 7.42. The van der Waals surface area contributed by atoms with Gasteiger partial charge in [-0.05, 0) is 17.7 Å². The van der Waals surface area contributed by atoms with Crippen molar-refractivity contribution in [3.63, 3.8) is 0 Å². The third-order valence-corrected chi connectivity index (χ3v) is 1.31. The van der Waals surface area contributed by atoms with Gasteiger partial charge in [-0.15, -0.1) is 0 Å². The molecule has 1 aromatic rings. The lowest BCUT2D eigenvalue weighted by atomic mass is 10.2. The fraction of sp³-hybridized carbons (Fsp3) is 0.125. The smallest absolute Gasteiger partial charge is 0.176 e. The number of phenols is 1. The van der Waals surface area contributed by atoms with Crippen LogP contribution in [0, 0.1) is 11.5 Å². The van der Waals surface area contributed by atoms with Crippen LogP contribution in [0.3, 0.4) is 0 Å². The SMILES string of the molecule is N#CNCc1ccc(O)cc1. The summed E-state index contributed by atoms with van der Waals surface area (Å²) in [4.78, 5) is 0. The zero-order valence-electron chi connectivity index (χ0n) is 5.91. The lowest BCUT2D eigenvalue weighted by Crippen LogP contribution is -2.03. The monoisotopic (exact) mass is 148 g/mol. The lowest BCUT2D eigenvalue weighted by molar-refractivity contribution is 0.475. The highest BCUT2D eigenvalue weighted by atomic mass is 16.3. The molecule has 0 aliphatic carbocycles. The quantitative estimate of drug-likeness (QED) is 0.485. The summed E-state index contributed by atoms with van der Waals surface area (Å²) in [6, 6.07) is 6.71. The highest BCUT2D eigenvalue weighted by Gasteiger charge is 1.90. The molecule has 0 bridgehead atoms. The molecule has 0 aliphatic heterocycles. The van der Waals surface area contributed by atoms with Gasteiger partial charge < -0.3 is 10.4 Å². The molecule has 3 heteroatoms. The molecule has 0 spiro atoms. The summed E-state index contributed by atoms with van der Waals surface area (Å²) in [5, 5.41) is 19.6. The van der Waals surface area contributed by atoms with E-state index in [0.29, 0.717) is 6.54 Å². The fourth-order valence-electron chi connectivity index (χ4n) is 0.755. The van der Waals surface area contributed by atoms with Crippen molar-refractivity contribution < 1.29 is 5.11 Å². The van der Waals surface area contributed by atoms with E-state index < -0.39 is 0 Å². The maximum absolute atomic E-state index is 8.90. The van der Waals surface area contributed by atoms with Crippen molar-refractivity contribution in [2.45, 2.75) is 6.54 Å². The molecule has 0 aromatic heterocycles. The number of hydrogen-bond acceptors (Lipinski definition) is 3. The Labute approximate surface area is 64.9 Å². The van der Waals surface area contributed by atoms with Crippen LogP contribution in [-0.2, 0) is 6.54 Å². The van der Waals surface area contributed by atoms with Gasteiger partial charge in [0, 0.05) is 6.54 Å². The number of rotatable bonds is 2. The molecular weight excluding hydrogens is 140 g/mol. The molecule has 0 radical (unpaired) electrons. The topological polar surface area (TPSA) is 56.0 Å². The van der Waals surface area contributed by atoms with Crippen LogP contribution in [0.5, 0.6) is 5.75 Å². The average Bonchev–Trinajstić information content (AvgIpc) is 2.04. The van der Waals surface area contributed by atoms with Crippen molar-refractivity contribution in [3.8, 4) is 11.9 Å². The Morgan fingerprint density at radius 3 is 2.55 bits per heavy atom. The number of nitrogens with zero attached hydrogens (tertiary/aromatic N) is 1. The van der Waals surface area contributed by atoms with Crippen molar-refractivity contribution in [3.05, 3.63) is 29.8 Å². The largest absolute Gasteiger partial charge is 0.508 e. The molecule has 0 unspecified atom stereocenters. The van der Waals surface area contributed by atoms with Crippen LogP contribution >= 0.6 is 0 Å². The summed E-state index contributed by atoms with van der Waals surface area (Å²) in [5.74, 6) is 0.241. The summed E-state index contributed by atoms with van der Waals surface area (Å²) in [7, 11) is 0. The zero-order valence-corrected chi connectivity index (χ0v) is 5.91. The highest BCUT2D eigenvalue weighted by Crippen LogP contribution is 2.08. The zero-order chi connectivity index (χ0) is 8.10. The van der Waals surface area contributed by atoms with Gasteiger partial charge in [0.1, 0.15) is 5.75 Å². The molecule has 0 aliphatic rings. The minimum absolute atomic E-state index is 0.241. The standard InChI is InChI=1S/C8H8N2O/c9-6-10-5-7-1-3-8(11)4-2-7/h1-4,10-11H,5H2. The summed E-state index contributed by atoms with van der Waals surface area (Å²) in [6.45, 7) is 0.511. The van der Waals surface area contributed by atoms with Crippen molar-refractivity contribution in [1.82, 2.24) is 5.32 Å². The number of nitriles is 1. The van der Waals surface area contributed by atoms with E-state index in [9.17, 15) is 0 Å². The van der Waals surface area contributed by atoms with Gasteiger partial charge in [0.25, 0.3) is 0 Å². The minimum atomic E-state index is 0.241. The van der Waals surface area contributed by atoms with Gasteiger partial charge in [0.05, 0.1) is 0 Å². The predicted octanol–water partition coefficient (Wildman–Crippen LogP) is 0.963. The van der Waals surface area contributed by atoms with E-state index in [0.717, 1.165) is 5.56 Å². The molecule has 56 valence electrons. The lowest BCUT2D eigenvalue weighted by Gasteiger charge is -1.97. The molecule has 1 rings (SSSR count). The van der Waals surface area contributed by atoms with Crippen LogP contribution in [0.15, 0.2) is 24.3 Å². The van der Waals surface area contributed by atoms with E-state index >= 15 is 0 Å². The number of hydrogen-bond donors (Lipinski definition) is 2. The molecule has 1 aromatic carbocycles. The van der Waals surface area contributed by atoms with Gasteiger partial charge >= 0.3 is 0 Å². The van der Waals surface area contributed by atoms with Gasteiger partial charge in [-0.3, -0.25) is 0 Å².